The van der Waals surface area contributed by atoms with Crippen LogP contribution < -0.4 is 10.9 Å². The molecule has 0 aliphatic carbocycles. The van der Waals surface area contributed by atoms with Crippen LogP contribution in [0.3, 0.4) is 0 Å². The fourth-order valence-corrected chi connectivity index (χ4v) is 2.25. The number of hydrogen-bond acceptors (Lipinski definition) is 5. The topological polar surface area (TPSA) is 78.0 Å². The lowest BCUT2D eigenvalue weighted by Gasteiger charge is -2.05. The van der Waals surface area contributed by atoms with Gasteiger partial charge >= 0.3 is 0 Å². The van der Waals surface area contributed by atoms with E-state index < -0.39 is 0 Å². The quantitative estimate of drug-likeness (QED) is 0.690. The summed E-state index contributed by atoms with van der Waals surface area (Å²) in [5.41, 5.74) is 0.656. The minimum Gasteiger partial charge on any atom is -0.393 e. The highest BCUT2D eigenvalue weighted by atomic mass is 32.1. The van der Waals surface area contributed by atoms with Crippen molar-refractivity contribution in [2.75, 3.05) is 6.54 Å². The van der Waals surface area contributed by atoms with Crippen LogP contribution in [0.15, 0.2) is 16.2 Å². The Morgan fingerprint density at radius 2 is 2.47 bits per heavy atom. The first kappa shape index (κ1) is 12.2. The summed E-state index contributed by atoms with van der Waals surface area (Å²) in [6.07, 6.45) is 0.374. The Bertz CT molecular complexity index is 547. The maximum Gasteiger partial charge on any atom is 0.268 e. The molecule has 2 rings (SSSR count). The summed E-state index contributed by atoms with van der Waals surface area (Å²) in [5, 5.41) is 14.1. The highest BCUT2D eigenvalue weighted by Gasteiger charge is 2.04. The van der Waals surface area contributed by atoms with Gasteiger partial charge in [0.2, 0.25) is 0 Å². The van der Waals surface area contributed by atoms with E-state index in [0.717, 1.165) is 5.52 Å². The van der Waals surface area contributed by atoms with Crippen molar-refractivity contribution >= 4 is 21.6 Å². The minimum absolute atomic E-state index is 0.0858. The van der Waals surface area contributed by atoms with Crippen LogP contribution in [0, 0.1) is 0 Å². The van der Waals surface area contributed by atoms with E-state index in [9.17, 15) is 4.79 Å². The number of H-pyrrole nitrogens is 1. The Hall–Kier alpha value is -1.24. The van der Waals surface area contributed by atoms with Crippen LogP contribution in [-0.2, 0) is 6.54 Å². The van der Waals surface area contributed by atoms with Gasteiger partial charge in [0.1, 0.15) is 10.5 Å². The lowest BCUT2D eigenvalue weighted by molar-refractivity contribution is 0.183. The summed E-state index contributed by atoms with van der Waals surface area (Å²) >= 11 is 1.40. The highest BCUT2D eigenvalue weighted by Crippen LogP contribution is 2.13. The summed E-state index contributed by atoms with van der Waals surface area (Å²) < 4.78 is 0.665. The molecule has 0 saturated carbocycles. The molecular formula is C11H15N3O2S. The number of aromatic nitrogens is 2. The van der Waals surface area contributed by atoms with Crippen LogP contribution in [0.25, 0.3) is 10.2 Å². The van der Waals surface area contributed by atoms with Gasteiger partial charge in [-0.25, -0.2) is 4.98 Å². The van der Waals surface area contributed by atoms with Crippen LogP contribution in [0.1, 0.15) is 19.2 Å². The van der Waals surface area contributed by atoms with Crippen molar-refractivity contribution in [3.05, 3.63) is 27.6 Å². The SMILES string of the molecule is CC(O)CCNCc1nc2ccsc2c(=O)[nH]1. The lowest BCUT2D eigenvalue weighted by Crippen LogP contribution is -2.22. The summed E-state index contributed by atoms with van der Waals surface area (Å²) in [7, 11) is 0. The molecule has 2 heterocycles. The molecule has 17 heavy (non-hydrogen) atoms. The summed E-state index contributed by atoms with van der Waals surface area (Å²) in [6, 6.07) is 1.84. The molecule has 0 radical (unpaired) electrons. The zero-order chi connectivity index (χ0) is 12.3. The molecule has 0 aliphatic rings. The molecule has 6 heteroatoms. The van der Waals surface area contributed by atoms with Gasteiger partial charge in [0, 0.05) is 0 Å². The first-order valence-corrected chi connectivity index (χ1v) is 6.40. The highest BCUT2D eigenvalue weighted by molar-refractivity contribution is 7.17. The molecule has 3 N–H and O–H groups in total. The predicted octanol–water partition coefficient (Wildman–Crippen LogP) is 0.845. The first-order valence-electron chi connectivity index (χ1n) is 5.52. The number of aromatic amines is 1. The fourth-order valence-electron chi connectivity index (χ4n) is 1.52. The molecular weight excluding hydrogens is 238 g/mol. The van der Waals surface area contributed by atoms with E-state index in [-0.39, 0.29) is 11.7 Å². The van der Waals surface area contributed by atoms with E-state index in [1.54, 1.807) is 6.92 Å². The Morgan fingerprint density at radius 1 is 1.65 bits per heavy atom. The number of aliphatic hydroxyl groups is 1. The zero-order valence-corrected chi connectivity index (χ0v) is 10.4. The van der Waals surface area contributed by atoms with Gasteiger partial charge in [-0.1, -0.05) is 0 Å². The number of hydrogen-bond donors (Lipinski definition) is 3. The first-order chi connectivity index (χ1) is 8.16. The molecule has 0 bridgehead atoms. The number of thiophene rings is 1. The maximum absolute atomic E-state index is 11.6. The van der Waals surface area contributed by atoms with Gasteiger partial charge in [0.05, 0.1) is 18.2 Å². The van der Waals surface area contributed by atoms with Crippen molar-refractivity contribution in [2.24, 2.45) is 0 Å². The Labute approximate surface area is 103 Å². The van der Waals surface area contributed by atoms with Gasteiger partial charge in [0.25, 0.3) is 5.56 Å². The van der Waals surface area contributed by atoms with E-state index in [4.69, 9.17) is 5.11 Å². The van der Waals surface area contributed by atoms with E-state index in [2.05, 4.69) is 15.3 Å². The van der Waals surface area contributed by atoms with Crippen molar-refractivity contribution < 1.29 is 5.11 Å². The van der Waals surface area contributed by atoms with Gasteiger partial charge in [-0.05, 0) is 31.3 Å². The molecule has 2 aromatic rings. The molecule has 5 nitrogen and oxygen atoms in total. The fraction of sp³-hybridized carbons (Fsp3) is 0.455. The van der Waals surface area contributed by atoms with Crippen molar-refractivity contribution in [1.82, 2.24) is 15.3 Å². The van der Waals surface area contributed by atoms with Crippen molar-refractivity contribution in [3.63, 3.8) is 0 Å². The molecule has 1 unspecified atom stereocenters. The van der Waals surface area contributed by atoms with Crippen LogP contribution in [0.2, 0.25) is 0 Å². The predicted molar refractivity (Wildman–Crippen MR) is 68.2 cm³/mol. The second-order valence-corrected chi connectivity index (χ2v) is 4.88. The number of rotatable bonds is 5. The lowest BCUT2D eigenvalue weighted by atomic mass is 10.3. The second kappa shape index (κ2) is 5.39. The van der Waals surface area contributed by atoms with Gasteiger partial charge in [-0.15, -0.1) is 11.3 Å². The van der Waals surface area contributed by atoms with Crippen LogP contribution in [-0.4, -0.2) is 27.7 Å². The number of nitrogens with zero attached hydrogens (tertiary/aromatic N) is 1. The average molecular weight is 253 g/mol. The molecule has 0 aromatic carbocycles. The van der Waals surface area contributed by atoms with Gasteiger partial charge in [-0.2, -0.15) is 0 Å². The Balaban J connectivity index is 2.01. The summed E-state index contributed by atoms with van der Waals surface area (Å²) in [6.45, 7) is 2.95. The van der Waals surface area contributed by atoms with Gasteiger partial charge in [-0.3, -0.25) is 4.79 Å². The monoisotopic (exact) mass is 253 g/mol. The second-order valence-electron chi connectivity index (χ2n) is 3.96. The van der Waals surface area contributed by atoms with Crippen LogP contribution in [0.4, 0.5) is 0 Å². The molecule has 2 aromatic heterocycles. The molecule has 0 saturated heterocycles. The van der Waals surface area contributed by atoms with Crippen molar-refractivity contribution in [2.45, 2.75) is 26.0 Å². The van der Waals surface area contributed by atoms with Crippen LogP contribution >= 0.6 is 11.3 Å². The maximum atomic E-state index is 11.6. The third-order valence-corrected chi connectivity index (χ3v) is 3.30. The van der Waals surface area contributed by atoms with Gasteiger partial charge in [0.15, 0.2) is 0 Å². The standard InChI is InChI=1S/C11H15N3O2S/c1-7(15)2-4-12-6-9-13-8-3-5-17-10(8)11(16)14-9/h3,5,7,12,15H,2,4,6H2,1H3,(H,13,14,16). The Morgan fingerprint density at radius 3 is 3.24 bits per heavy atom. The van der Waals surface area contributed by atoms with Crippen molar-refractivity contribution in [3.8, 4) is 0 Å². The average Bonchev–Trinajstić information content (AvgIpc) is 2.72. The summed E-state index contributed by atoms with van der Waals surface area (Å²) in [4.78, 5) is 18.7. The van der Waals surface area contributed by atoms with E-state index in [1.807, 2.05) is 11.4 Å². The molecule has 0 spiro atoms. The minimum atomic E-state index is -0.311. The zero-order valence-electron chi connectivity index (χ0n) is 9.56. The molecule has 92 valence electrons. The normalized spacial score (nSPS) is 13.1. The Kier molecular flexibility index (Phi) is 3.88. The van der Waals surface area contributed by atoms with Crippen molar-refractivity contribution in [1.29, 1.82) is 0 Å². The molecule has 0 amide bonds. The van der Waals surface area contributed by atoms with E-state index >= 15 is 0 Å². The van der Waals surface area contributed by atoms with E-state index in [1.165, 1.54) is 11.3 Å². The largest absolute Gasteiger partial charge is 0.393 e. The van der Waals surface area contributed by atoms with Gasteiger partial charge < -0.3 is 15.4 Å². The third-order valence-electron chi connectivity index (χ3n) is 2.40. The smallest absolute Gasteiger partial charge is 0.268 e. The number of fused-ring (bicyclic) bond motifs is 1. The summed E-state index contributed by atoms with van der Waals surface area (Å²) in [5.74, 6) is 0.631. The molecule has 1 atom stereocenters. The third kappa shape index (κ3) is 3.12. The van der Waals surface area contributed by atoms with Crippen LogP contribution in [0.5, 0.6) is 0 Å². The molecule has 0 aliphatic heterocycles. The number of nitrogens with one attached hydrogen (secondary N) is 2. The molecule has 0 fully saturated rings. The van der Waals surface area contributed by atoms with E-state index in [0.29, 0.717) is 30.0 Å². The number of aliphatic hydroxyl groups excluding tert-OH is 1.